The fourth-order valence-corrected chi connectivity index (χ4v) is 3.93. The van der Waals surface area contributed by atoms with E-state index in [0.29, 0.717) is 6.04 Å². The minimum absolute atomic E-state index is 0.571. The molecule has 0 aromatic carbocycles. The van der Waals surface area contributed by atoms with Gasteiger partial charge in [0.1, 0.15) is 5.82 Å². The number of fused-ring (bicyclic) bond motifs is 1. The molecule has 1 aliphatic heterocycles. The first-order valence-corrected chi connectivity index (χ1v) is 10.3. The summed E-state index contributed by atoms with van der Waals surface area (Å²) in [6.07, 6.45) is 9.23. The van der Waals surface area contributed by atoms with E-state index in [0.717, 1.165) is 53.8 Å². The number of aryl methyl sites for hydroxylation is 3. The minimum atomic E-state index is 0.571. The van der Waals surface area contributed by atoms with E-state index in [2.05, 4.69) is 48.1 Å². The molecule has 6 nitrogen and oxygen atoms in total. The first kappa shape index (κ1) is 18.0. The van der Waals surface area contributed by atoms with E-state index >= 15 is 0 Å². The van der Waals surface area contributed by atoms with Crippen LogP contribution in [0.4, 0.5) is 11.8 Å². The zero-order valence-electron chi connectivity index (χ0n) is 17.2. The Labute approximate surface area is 171 Å². The second kappa shape index (κ2) is 7.10. The molecule has 0 unspecified atom stereocenters. The maximum Gasteiger partial charge on any atom is 0.223 e. The Bertz CT molecular complexity index is 1070. The van der Waals surface area contributed by atoms with Gasteiger partial charge in [0.15, 0.2) is 0 Å². The van der Waals surface area contributed by atoms with E-state index in [1.165, 1.54) is 29.5 Å². The van der Waals surface area contributed by atoms with Crippen LogP contribution in [0.3, 0.4) is 0 Å². The van der Waals surface area contributed by atoms with Crippen molar-refractivity contribution in [2.75, 3.05) is 16.8 Å². The van der Waals surface area contributed by atoms with Gasteiger partial charge in [-0.1, -0.05) is 6.07 Å². The lowest BCUT2D eigenvalue weighted by Crippen LogP contribution is -2.32. The molecule has 0 spiro atoms. The molecule has 1 N–H and O–H groups in total. The molecule has 148 valence electrons. The molecule has 29 heavy (non-hydrogen) atoms. The van der Waals surface area contributed by atoms with Crippen molar-refractivity contribution < 1.29 is 0 Å². The molecule has 1 saturated carbocycles. The molecular formula is C23H26N6. The van der Waals surface area contributed by atoms with Crippen LogP contribution in [0.1, 0.15) is 40.8 Å². The third-order valence-corrected chi connectivity index (χ3v) is 5.73. The van der Waals surface area contributed by atoms with Crippen molar-refractivity contribution in [3.63, 3.8) is 0 Å². The third-order valence-electron chi connectivity index (χ3n) is 5.73. The van der Waals surface area contributed by atoms with E-state index in [1.807, 2.05) is 18.6 Å². The Morgan fingerprint density at radius 3 is 2.62 bits per heavy atom. The molecule has 0 amide bonds. The van der Waals surface area contributed by atoms with Crippen molar-refractivity contribution in [2.45, 2.75) is 52.6 Å². The van der Waals surface area contributed by atoms with Gasteiger partial charge in [-0.15, -0.1) is 0 Å². The van der Waals surface area contributed by atoms with E-state index in [4.69, 9.17) is 15.0 Å². The molecule has 0 atom stereocenters. The average molecular weight is 387 g/mol. The van der Waals surface area contributed by atoms with Crippen LogP contribution < -0.4 is 10.2 Å². The highest BCUT2D eigenvalue weighted by atomic mass is 15.2. The Morgan fingerprint density at radius 2 is 1.83 bits per heavy atom. The zero-order valence-corrected chi connectivity index (χ0v) is 17.2. The smallest absolute Gasteiger partial charge is 0.223 e. The monoisotopic (exact) mass is 386 g/mol. The summed E-state index contributed by atoms with van der Waals surface area (Å²) in [5.74, 6) is 1.76. The number of hydrogen-bond donors (Lipinski definition) is 1. The molecule has 0 radical (unpaired) electrons. The average Bonchev–Trinajstić information content (AvgIpc) is 3.52. The van der Waals surface area contributed by atoms with Crippen molar-refractivity contribution in [2.24, 2.45) is 0 Å². The quantitative estimate of drug-likeness (QED) is 0.731. The van der Waals surface area contributed by atoms with E-state index in [1.54, 1.807) is 0 Å². The molecule has 0 bridgehead atoms. The highest BCUT2D eigenvalue weighted by molar-refractivity contribution is 5.69. The van der Waals surface area contributed by atoms with Gasteiger partial charge in [0.05, 0.1) is 11.4 Å². The number of hydrogen-bond acceptors (Lipinski definition) is 6. The second-order valence-corrected chi connectivity index (χ2v) is 8.29. The zero-order chi connectivity index (χ0) is 20.0. The van der Waals surface area contributed by atoms with Gasteiger partial charge in [0.2, 0.25) is 5.95 Å². The van der Waals surface area contributed by atoms with Gasteiger partial charge in [0.25, 0.3) is 0 Å². The summed E-state index contributed by atoms with van der Waals surface area (Å²) in [6.45, 7) is 7.99. The normalized spacial score (nSPS) is 15.9. The Morgan fingerprint density at radius 1 is 0.966 bits per heavy atom. The van der Waals surface area contributed by atoms with Crippen LogP contribution in [0.2, 0.25) is 0 Å². The van der Waals surface area contributed by atoms with Gasteiger partial charge in [-0.3, -0.25) is 4.98 Å². The van der Waals surface area contributed by atoms with E-state index in [-0.39, 0.29) is 0 Å². The van der Waals surface area contributed by atoms with Crippen molar-refractivity contribution in [3.05, 3.63) is 58.7 Å². The lowest BCUT2D eigenvalue weighted by Gasteiger charge is -2.29. The molecular weight excluding hydrogens is 360 g/mol. The van der Waals surface area contributed by atoms with Crippen LogP contribution in [-0.2, 0) is 13.0 Å². The van der Waals surface area contributed by atoms with Gasteiger partial charge in [-0.25, -0.2) is 15.0 Å². The topological polar surface area (TPSA) is 66.8 Å². The minimum Gasteiger partial charge on any atom is -0.352 e. The fraction of sp³-hybridized carbons (Fsp3) is 0.391. The highest BCUT2D eigenvalue weighted by Gasteiger charge is 2.24. The number of nitrogens with one attached hydrogen (secondary N) is 1. The first-order chi connectivity index (χ1) is 14.1. The Kier molecular flexibility index (Phi) is 4.42. The van der Waals surface area contributed by atoms with E-state index < -0.39 is 0 Å². The number of pyridine rings is 2. The standard InChI is InChI=1S/C23H26N6/c1-14-8-15(2)22(25-10-14)19-9-21(24-11-16(19)3)29-7-6-20-17(13-29)12-26-23(28-20)27-18-4-5-18/h8-12,18H,4-7,13H2,1-3H3,(H,26,27,28). The summed E-state index contributed by atoms with van der Waals surface area (Å²) in [5.41, 5.74) is 8.05. The van der Waals surface area contributed by atoms with Crippen LogP contribution in [-0.4, -0.2) is 32.5 Å². The summed E-state index contributed by atoms with van der Waals surface area (Å²) in [4.78, 5) is 21.0. The van der Waals surface area contributed by atoms with Crippen LogP contribution in [0.25, 0.3) is 11.3 Å². The van der Waals surface area contributed by atoms with Gasteiger partial charge in [0, 0.05) is 55.3 Å². The van der Waals surface area contributed by atoms with Gasteiger partial charge in [-0.05, 0) is 56.4 Å². The lowest BCUT2D eigenvalue weighted by molar-refractivity contribution is 0.697. The van der Waals surface area contributed by atoms with E-state index in [9.17, 15) is 0 Å². The van der Waals surface area contributed by atoms with Crippen molar-refractivity contribution in [1.29, 1.82) is 0 Å². The largest absolute Gasteiger partial charge is 0.352 e. The number of aromatic nitrogens is 4. The van der Waals surface area contributed by atoms with Crippen LogP contribution in [0, 0.1) is 20.8 Å². The molecule has 3 aromatic rings. The third kappa shape index (κ3) is 3.67. The van der Waals surface area contributed by atoms with Crippen LogP contribution in [0.5, 0.6) is 0 Å². The van der Waals surface area contributed by atoms with Crippen LogP contribution in [0.15, 0.2) is 30.7 Å². The summed E-state index contributed by atoms with van der Waals surface area (Å²) in [5, 5.41) is 3.39. The molecule has 0 saturated heterocycles. The summed E-state index contributed by atoms with van der Waals surface area (Å²) >= 11 is 0. The summed E-state index contributed by atoms with van der Waals surface area (Å²) in [7, 11) is 0. The Hall–Kier alpha value is -3.02. The van der Waals surface area contributed by atoms with Crippen LogP contribution >= 0.6 is 0 Å². The predicted octanol–water partition coefficient (Wildman–Crippen LogP) is 4.00. The fourth-order valence-electron chi connectivity index (χ4n) is 3.93. The van der Waals surface area contributed by atoms with Gasteiger partial charge >= 0.3 is 0 Å². The van der Waals surface area contributed by atoms with Crippen molar-refractivity contribution >= 4 is 11.8 Å². The maximum atomic E-state index is 4.74. The van der Waals surface area contributed by atoms with Crippen molar-refractivity contribution in [3.8, 4) is 11.3 Å². The molecule has 5 rings (SSSR count). The molecule has 6 heteroatoms. The summed E-state index contributed by atoms with van der Waals surface area (Å²) < 4.78 is 0. The second-order valence-electron chi connectivity index (χ2n) is 8.29. The van der Waals surface area contributed by atoms with Gasteiger partial charge < -0.3 is 10.2 Å². The number of nitrogens with zero attached hydrogens (tertiary/aromatic N) is 5. The maximum absolute atomic E-state index is 4.74. The summed E-state index contributed by atoms with van der Waals surface area (Å²) in [6, 6.07) is 4.93. The highest BCUT2D eigenvalue weighted by Crippen LogP contribution is 2.30. The predicted molar refractivity (Wildman–Crippen MR) is 115 cm³/mol. The van der Waals surface area contributed by atoms with Gasteiger partial charge in [-0.2, -0.15) is 0 Å². The Balaban J connectivity index is 1.41. The molecule has 1 aliphatic carbocycles. The lowest BCUT2D eigenvalue weighted by atomic mass is 10.0. The first-order valence-electron chi connectivity index (χ1n) is 10.3. The molecule has 4 heterocycles. The molecule has 1 fully saturated rings. The van der Waals surface area contributed by atoms with Crippen molar-refractivity contribution in [1.82, 2.24) is 19.9 Å². The number of rotatable bonds is 4. The SMILES string of the molecule is Cc1cnc(-c2cc(N3CCc4nc(NC5CC5)ncc4C3)ncc2C)c(C)c1. The number of anilines is 2. The molecule has 3 aromatic heterocycles. The molecule has 2 aliphatic rings.